The summed E-state index contributed by atoms with van der Waals surface area (Å²) >= 11 is 0. The van der Waals surface area contributed by atoms with Gasteiger partial charge in [-0.3, -0.25) is 5.43 Å². The van der Waals surface area contributed by atoms with Gasteiger partial charge >= 0.3 is 0 Å². The number of rotatable bonds is 4. The standard InChI is InChI=1S/C16H17FN2/c1-12(2)14-5-3-13(4-6-14)11-18-19-16-9-7-15(17)8-10-16/h3-12,19H,1-2H3/b18-11+. The summed E-state index contributed by atoms with van der Waals surface area (Å²) in [6, 6.07) is 14.4. The first kappa shape index (κ1) is 13.3. The molecule has 0 aliphatic heterocycles. The fourth-order valence-electron chi connectivity index (χ4n) is 1.67. The van der Waals surface area contributed by atoms with Gasteiger partial charge in [0.2, 0.25) is 0 Å². The van der Waals surface area contributed by atoms with E-state index in [0.717, 1.165) is 11.3 Å². The van der Waals surface area contributed by atoms with E-state index in [2.05, 4.69) is 36.5 Å². The molecule has 0 bridgehead atoms. The Morgan fingerprint density at radius 2 is 1.63 bits per heavy atom. The minimum absolute atomic E-state index is 0.251. The van der Waals surface area contributed by atoms with Crippen molar-refractivity contribution in [2.45, 2.75) is 19.8 Å². The molecule has 0 aromatic heterocycles. The van der Waals surface area contributed by atoms with E-state index in [1.807, 2.05) is 12.1 Å². The summed E-state index contributed by atoms with van der Waals surface area (Å²) in [5, 5.41) is 4.12. The van der Waals surface area contributed by atoms with Gasteiger partial charge in [0.05, 0.1) is 11.9 Å². The average Bonchev–Trinajstić information content (AvgIpc) is 2.41. The third-order valence-electron chi connectivity index (χ3n) is 2.85. The van der Waals surface area contributed by atoms with E-state index >= 15 is 0 Å². The number of benzene rings is 2. The molecule has 19 heavy (non-hydrogen) atoms. The first-order chi connectivity index (χ1) is 9.15. The maximum atomic E-state index is 12.7. The summed E-state index contributed by atoms with van der Waals surface area (Å²) in [6.07, 6.45) is 1.74. The molecule has 2 nitrogen and oxygen atoms in total. The zero-order valence-corrected chi connectivity index (χ0v) is 11.1. The maximum Gasteiger partial charge on any atom is 0.123 e. The lowest BCUT2D eigenvalue weighted by Gasteiger charge is -2.04. The lowest BCUT2D eigenvalue weighted by atomic mass is 10.0. The van der Waals surface area contributed by atoms with Crippen molar-refractivity contribution in [3.63, 3.8) is 0 Å². The monoisotopic (exact) mass is 256 g/mol. The second-order valence-electron chi connectivity index (χ2n) is 4.70. The molecule has 0 saturated carbocycles. The quantitative estimate of drug-likeness (QED) is 0.636. The molecule has 1 N–H and O–H groups in total. The number of halogens is 1. The van der Waals surface area contributed by atoms with Gasteiger partial charge in [0.15, 0.2) is 0 Å². The second-order valence-corrected chi connectivity index (χ2v) is 4.70. The van der Waals surface area contributed by atoms with Crippen LogP contribution in [0, 0.1) is 5.82 Å². The lowest BCUT2D eigenvalue weighted by molar-refractivity contribution is 0.628. The van der Waals surface area contributed by atoms with Crippen LogP contribution in [0.3, 0.4) is 0 Å². The van der Waals surface area contributed by atoms with Crippen LogP contribution in [-0.4, -0.2) is 6.21 Å². The Bertz CT molecular complexity index is 542. The Morgan fingerprint density at radius 3 is 2.21 bits per heavy atom. The molecular weight excluding hydrogens is 239 g/mol. The van der Waals surface area contributed by atoms with Crippen LogP contribution in [0.1, 0.15) is 30.9 Å². The first-order valence-electron chi connectivity index (χ1n) is 6.30. The number of nitrogens with one attached hydrogen (secondary N) is 1. The van der Waals surface area contributed by atoms with Gasteiger partial charge in [-0.2, -0.15) is 5.10 Å². The zero-order valence-electron chi connectivity index (χ0n) is 11.1. The summed E-state index contributed by atoms with van der Waals surface area (Å²) in [4.78, 5) is 0. The molecular formula is C16H17FN2. The highest BCUT2D eigenvalue weighted by atomic mass is 19.1. The largest absolute Gasteiger partial charge is 0.279 e. The number of nitrogens with zero attached hydrogens (tertiary/aromatic N) is 1. The molecule has 2 aromatic rings. The normalized spacial score (nSPS) is 11.2. The molecule has 0 fully saturated rings. The highest BCUT2D eigenvalue weighted by molar-refractivity contribution is 5.80. The van der Waals surface area contributed by atoms with Crippen molar-refractivity contribution in [2.75, 3.05) is 5.43 Å². The van der Waals surface area contributed by atoms with E-state index in [0.29, 0.717) is 5.92 Å². The van der Waals surface area contributed by atoms with Gasteiger partial charge < -0.3 is 0 Å². The minimum Gasteiger partial charge on any atom is -0.279 e. The fourth-order valence-corrected chi connectivity index (χ4v) is 1.67. The van der Waals surface area contributed by atoms with Crippen molar-refractivity contribution in [1.29, 1.82) is 0 Å². The second kappa shape index (κ2) is 6.14. The number of hydrogen-bond acceptors (Lipinski definition) is 2. The van der Waals surface area contributed by atoms with E-state index in [1.165, 1.54) is 17.7 Å². The molecule has 0 spiro atoms. The van der Waals surface area contributed by atoms with Crippen molar-refractivity contribution >= 4 is 11.9 Å². The summed E-state index contributed by atoms with van der Waals surface area (Å²) in [5.74, 6) is 0.280. The van der Waals surface area contributed by atoms with Crippen molar-refractivity contribution in [3.05, 3.63) is 65.5 Å². The van der Waals surface area contributed by atoms with Gasteiger partial charge in [-0.25, -0.2) is 4.39 Å². The topological polar surface area (TPSA) is 24.4 Å². The third kappa shape index (κ3) is 3.91. The summed E-state index contributed by atoms with van der Waals surface area (Å²) < 4.78 is 12.7. The Kier molecular flexibility index (Phi) is 4.29. The van der Waals surface area contributed by atoms with Crippen molar-refractivity contribution < 1.29 is 4.39 Å². The molecule has 2 rings (SSSR count). The van der Waals surface area contributed by atoms with Gasteiger partial charge in [-0.05, 0) is 41.3 Å². The predicted molar refractivity (Wildman–Crippen MR) is 78.1 cm³/mol. The van der Waals surface area contributed by atoms with Crippen molar-refractivity contribution in [3.8, 4) is 0 Å². The SMILES string of the molecule is CC(C)c1ccc(/C=N/Nc2ccc(F)cc2)cc1. The lowest BCUT2D eigenvalue weighted by Crippen LogP contribution is -1.92. The van der Waals surface area contributed by atoms with Gasteiger partial charge in [-0.1, -0.05) is 38.1 Å². The molecule has 0 aliphatic carbocycles. The summed E-state index contributed by atoms with van der Waals surface area (Å²) in [7, 11) is 0. The molecule has 0 amide bonds. The Labute approximate surface area is 113 Å². The Balaban J connectivity index is 1.97. The summed E-state index contributed by atoms with van der Waals surface area (Å²) in [6.45, 7) is 4.33. The molecule has 98 valence electrons. The summed E-state index contributed by atoms with van der Waals surface area (Å²) in [5.41, 5.74) is 5.96. The molecule has 0 aliphatic rings. The molecule has 0 radical (unpaired) electrons. The van der Waals surface area contributed by atoms with Crippen LogP contribution >= 0.6 is 0 Å². The van der Waals surface area contributed by atoms with E-state index in [1.54, 1.807) is 18.3 Å². The third-order valence-corrected chi connectivity index (χ3v) is 2.85. The molecule has 0 heterocycles. The number of anilines is 1. The van der Waals surface area contributed by atoms with Gasteiger partial charge in [0.1, 0.15) is 5.82 Å². The first-order valence-corrected chi connectivity index (χ1v) is 6.30. The van der Waals surface area contributed by atoms with Crippen LogP contribution in [-0.2, 0) is 0 Å². The van der Waals surface area contributed by atoms with Crippen molar-refractivity contribution in [1.82, 2.24) is 0 Å². The number of hydrazone groups is 1. The van der Waals surface area contributed by atoms with Crippen LogP contribution in [0.15, 0.2) is 53.6 Å². The van der Waals surface area contributed by atoms with Crippen LogP contribution < -0.4 is 5.43 Å². The van der Waals surface area contributed by atoms with E-state index in [4.69, 9.17) is 0 Å². The van der Waals surface area contributed by atoms with E-state index in [-0.39, 0.29) is 5.82 Å². The van der Waals surface area contributed by atoms with Crippen LogP contribution in [0.2, 0.25) is 0 Å². The van der Waals surface area contributed by atoms with Crippen molar-refractivity contribution in [2.24, 2.45) is 5.10 Å². The molecule has 0 saturated heterocycles. The minimum atomic E-state index is -0.251. The number of hydrogen-bond donors (Lipinski definition) is 1. The maximum absolute atomic E-state index is 12.7. The highest BCUT2D eigenvalue weighted by Gasteiger charge is 1.97. The Hall–Kier alpha value is -2.16. The predicted octanol–water partition coefficient (Wildman–Crippen LogP) is 4.40. The van der Waals surface area contributed by atoms with Gasteiger partial charge in [0, 0.05) is 0 Å². The molecule has 0 atom stereocenters. The van der Waals surface area contributed by atoms with Crippen LogP contribution in [0.5, 0.6) is 0 Å². The van der Waals surface area contributed by atoms with Crippen LogP contribution in [0.25, 0.3) is 0 Å². The van der Waals surface area contributed by atoms with E-state index in [9.17, 15) is 4.39 Å². The zero-order chi connectivity index (χ0) is 13.7. The van der Waals surface area contributed by atoms with Crippen LogP contribution in [0.4, 0.5) is 10.1 Å². The molecule has 0 unspecified atom stereocenters. The van der Waals surface area contributed by atoms with Gasteiger partial charge in [-0.15, -0.1) is 0 Å². The highest BCUT2D eigenvalue weighted by Crippen LogP contribution is 2.14. The average molecular weight is 256 g/mol. The fraction of sp³-hybridized carbons (Fsp3) is 0.188. The van der Waals surface area contributed by atoms with E-state index < -0.39 is 0 Å². The van der Waals surface area contributed by atoms with Gasteiger partial charge in [0.25, 0.3) is 0 Å². The Morgan fingerprint density at radius 1 is 1.00 bits per heavy atom. The molecule has 2 aromatic carbocycles. The smallest absolute Gasteiger partial charge is 0.123 e. The molecule has 3 heteroatoms.